The largest absolute Gasteiger partial charge is 0.501 e. The van der Waals surface area contributed by atoms with Gasteiger partial charge in [0.25, 0.3) is 9.84 Å². The zero-order valence-electron chi connectivity index (χ0n) is 8.12. The molecule has 0 spiro atoms. The van der Waals surface area contributed by atoms with Crippen LogP contribution in [0.5, 0.6) is 0 Å². The molecular weight excluding hydrogens is 259 g/mol. The van der Waals surface area contributed by atoms with Crippen molar-refractivity contribution in [2.75, 3.05) is 5.43 Å². The summed E-state index contributed by atoms with van der Waals surface area (Å²) < 4.78 is 59.3. The smallest absolute Gasteiger partial charge is 0.324 e. The molecule has 0 amide bonds. The van der Waals surface area contributed by atoms with Crippen molar-refractivity contribution in [1.82, 2.24) is 0 Å². The van der Waals surface area contributed by atoms with Gasteiger partial charge in [0.05, 0.1) is 10.5 Å². The van der Waals surface area contributed by atoms with E-state index in [1.807, 2.05) is 5.43 Å². The number of nitrogens with two attached hydrogens (primary N) is 1. The molecule has 9 heteroatoms. The van der Waals surface area contributed by atoms with Crippen LogP contribution in [-0.2, 0) is 9.84 Å². The molecule has 1 aromatic rings. The van der Waals surface area contributed by atoms with Crippen LogP contribution in [0.3, 0.4) is 0 Å². The number of rotatable bonds is 2. The molecule has 0 fully saturated rings. The van der Waals surface area contributed by atoms with E-state index in [0.29, 0.717) is 6.07 Å². The van der Waals surface area contributed by atoms with Crippen LogP contribution in [0.4, 0.5) is 18.9 Å². The van der Waals surface area contributed by atoms with Crippen molar-refractivity contribution in [3.05, 3.63) is 23.8 Å². The first-order valence-electron chi connectivity index (χ1n) is 4.06. The maximum absolute atomic E-state index is 12.3. The third-order valence-corrected chi connectivity index (χ3v) is 3.39. The molecule has 0 aliphatic rings. The van der Waals surface area contributed by atoms with Crippen molar-refractivity contribution in [2.45, 2.75) is 10.4 Å². The normalized spacial score (nSPS) is 11.9. The Morgan fingerprint density at radius 1 is 1.35 bits per heavy atom. The van der Waals surface area contributed by atoms with Gasteiger partial charge in [0.1, 0.15) is 6.07 Å². The summed E-state index contributed by atoms with van der Waals surface area (Å²) in [6.07, 6.45) is 0. The van der Waals surface area contributed by atoms with E-state index in [-0.39, 0.29) is 5.69 Å². The Balaban J connectivity index is 3.56. The average molecular weight is 265 g/mol. The van der Waals surface area contributed by atoms with Crippen LogP contribution in [0, 0.1) is 11.3 Å². The average Bonchev–Trinajstić information content (AvgIpc) is 2.26. The van der Waals surface area contributed by atoms with Gasteiger partial charge < -0.3 is 5.43 Å². The SMILES string of the molecule is N#Cc1ccc(NN)cc1S(=O)(=O)C(F)(F)F. The van der Waals surface area contributed by atoms with Gasteiger partial charge in [0.2, 0.25) is 0 Å². The first-order chi connectivity index (χ1) is 7.74. The van der Waals surface area contributed by atoms with Gasteiger partial charge in [-0.3, -0.25) is 5.84 Å². The molecule has 1 rings (SSSR count). The number of halogens is 3. The number of nitrogens with one attached hydrogen (secondary N) is 1. The Kier molecular flexibility index (Phi) is 3.30. The van der Waals surface area contributed by atoms with Gasteiger partial charge in [-0.1, -0.05) is 0 Å². The second kappa shape index (κ2) is 4.23. The summed E-state index contributed by atoms with van der Waals surface area (Å²) in [5.41, 5.74) is -4.11. The number of nitriles is 1. The van der Waals surface area contributed by atoms with Crippen molar-refractivity contribution < 1.29 is 21.6 Å². The fraction of sp³-hybridized carbons (Fsp3) is 0.125. The highest BCUT2D eigenvalue weighted by Gasteiger charge is 2.48. The molecule has 0 saturated heterocycles. The Bertz CT molecular complexity index is 575. The molecule has 3 N–H and O–H groups in total. The third-order valence-electron chi connectivity index (χ3n) is 1.86. The van der Waals surface area contributed by atoms with E-state index < -0.39 is 25.8 Å². The predicted octanol–water partition coefficient (Wildman–Crippen LogP) is 1.14. The van der Waals surface area contributed by atoms with E-state index in [2.05, 4.69) is 0 Å². The lowest BCUT2D eigenvalue weighted by molar-refractivity contribution is -0.0436. The minimum atomic E-state index is -5.57. The summed E-state index contributed by atoms with van der Waals surface area (Å²) in [6, 6.07) is 4.16. The first kappa shape index (κ1) is 13.3. The van der Waals surface area contributed by atoms with E-state index in [1.54, 1.807) is 0 Å². The van der Waals surface area contributed by atoms with Crippen LogP contribution in [0.15, 0.2) is 23.1 Å². The fourth-order valence-electron chi connectivity index (χ4n) is 1.05. The molecule has 1 aromatic carbocycles. The van der Waals surface area contributed by atoms with Crippen molar-refractivity contribution in [1.29, 1.82) is 5.26 Å². The Labute approximate surface area is 94.5 Å². The quantitative estimate of drug-likeness (QED) is 0.617. The summed E-state index contributed by atoms with van der Waals surface area (Å²) in [5, 5.41) is 8.58. The molecule has 0 unspecified atom stereocenters. The lowest BCUT2D eigenvalue weighted by Crippen LogP contribution is -2.24. The highest BCUT2D eigenvalue weighted by Crippen LogP contribution is 2.33. The summed E-state index contributed by atoms with van der Waals surface area (Å²) in [7, 11) is -5.57. The number of hydrazine groups is 1. The first-order valence-corrected chi connectivity index (χ1v) is 5.54. The van der Waals surface area contributed by atoms with Crippen molar-refractivity contribution in [3.8, 4) is 6.07 Å². The van der Waals surface area contributed by atoms with E-state index in [9.17, 15) is 21.6 Å². The summed E-state index contributed by atoms with van der Waals surface area (Å²) >= 11 is 0. The molecule has 0 aliphatic carbocycles. The number of sulfone groups is 1. The van der Waals surface area contributed by atoms with Gasteiger partial charge in [-0.15, -0.1) is 0 Å². The number of nitrogen functional groups attached to an aromatic ring is 1. The van der Waals surface area contributed by atoms with Crippen LogP contribution >= 0.6 is 0 Å². The van der Waals surface area contributed by atoms with Crippen molar-refractivity contribution in [2.24, 2.45) is 5.84 Å². The molecule has 0 atom stereocenters. The molecule has 0 bridgehead atoms. The van der Waals surface area contributed by atoms with Crippen LogP contribution in [-0.4, -0.2) is 13.9 Å². The Morgan fingerprint density at radius 2 is 1.94 bits per heavy atom. The monoisotopic (exact) mass is 265 g/mol. The molecule has 17 heavy (non-hydrogen) atoms. The maximum Gasteiger partial charge on any atom is 0.501 e. The maximum atomic E-state index is 12.3. The van der Waals surface area contributed by atoms with Gasteiger partial charge in [-0.05, 0) is 18.2 Å². The molecule has 0 heterocycles. The number of alkyl halides is 3. The highest BCUT2D eigenvalue weighted by molar-refractivity contribution is 7.92. The second-order valence-corrected chi connectivity index (χ2v) is 4.83. The van der Waals surface area contributed by atoms with Crippen LogP contribution in [0.2, 0.25) is 0 Å². The van der Waals surface area contributed by atoms with E-state index in [0.717, 1.165) is 6.07 Å². The van der Waals surface area contributed by atoms with Crippen molar-refractivity contribution >= 4 is 15.5 Å². The van der Waals surface area contributed by atoms with Gasteiger partial charge in [-0.25, -0.2) is 8.42 Å². The summed E-state index contributed by atoms with van der Waals surface area (Å²) in [4.78, 5) is -1.12. The zero-order chi connectivity index (χ0) is 13.3. The topological polar surface area (TPSA) is 96.0 Å². The lowest BCUT2D eigenvalue weighted by atomic mass is 10.2. The van der Waals surface area contributed by atoms with E-state index in [4.69, 9.17) is 11.1 Å². The van der Waals surface area contributed by atoms with Crippen LogP contribution < -0.4 is 11.3 Å². The number of anilines is 1. The molecule has 0 radical (unpaired) electrons. The van der Waals surface area contributed by atoms with Crippen molar-refractivity contribution in [3.63, 3.8) is 0 Å². The predicted molar refractivity (Wildman–Crippen MR) is 52.2 cm³/mol. The standard InChI is InChI=1S/C8H6F3N3O2S/c9-8(10,11)17(15,16)7-3-6(14-13)2-1-5(7)4-12/h1-3,14H,13H2. The number of nitrogens with zero attached hydrogens (tertiary/aromatic N) is 1. The Morgan fingerprint density at radius 3 is 2.35 bits per heavy atom. The molecule has 0 aromatic heterocycles. The van der Waals surface area contributed by atoms with Gasteiger partial charge in [0, 0.05) is 5.69 Å². The van der Waals surface area contributed by atoms with Gasteiger partial charge in [-0.2, -0.15) is 18.4 Å². The number of hydrogen-bond donors (Lipinski definition) is 2. The van der Waals surface area contributed by atoms with Gasteiger partial charge in [0.15, 0.2) is 0 Å². The summed E-state index contributed by atoms with van der Waals surface area (Å²) in [6.45, 7) is 0. The van der Waals surface area contributed by atoms with Crippen LogP contribution in [0.1, 0.15) is 5.56 Å². The fourth-order valence-corrected chi connectivity index (χ4v) is 1.99. The van der Waals surface area contributed by atoms with E-state index in [1.165, 1.54) is 12.1 Å². The highest BCUT2D eigenvalue weighted by atomic mass is 32.2. The van der Waals surface area contributed by atoms with Crippen LogP contribution in [0.25, 0.3) is 0 Å². The van der Waals surface area contributed by atoms with Gasteiger partial charge >= 0.3 is 5.51 Å². The summed E-state index contributed by atoms with van der Waals surface area (Å²) in [5.74, 6) is 4.95. The Hall–Kier alpha value is -1.79. The van der Waals surface area contributed by atoms with E-state index >= 15 is 0 Å². The number of hydrogen-bond acceptors (Lipinski definition) is 5. The zero-order valence-corrected chi connectivity index (χ0v) is 8.93. The molecule has 0 aliphatic heterocycles. The minimum absolute atomic E-state index is 0.0492. The molecular formula is C8H6F3N3O2S. The molecule has 92 valence electrons. The number of benzene rings is 1. The third kappa shape index (κ3) is 2.32. The molecule has 0 saturated carbocycles. The minimum Gasteiger partial charge on any atom is -0.324 e. The lowest BCUT2D eigenvalue weighted by Gasteiger charge is -2.10. The second-order valence-electron chi connectivity index (χ2n) is 2.92. The molecule has 5 nitrogen and oxygen atoms in total.